The van der Waals surface area contributed by atoms with Crippen molar-refractivity contribution in [1.82, 2.24) is 0 Å². The molecule has 0 heterocycles. The molecule has 64 valence electrons. The van der Waals surface area contributed by atoms with Crippen LogP contribution >= 0.6 is 0 Å². The fourth-order valence-electron chi connectivity index (χ4n) is 0.747. The van der Waals surface area contributed by atoms with Crippen LogP contribution in [0.2, 0.25) is 0 Å². The van der Waals surface area contributed by atoms with Gasteiger partial charge in [-0.2, -0.15) is 0 Å². The van der Waals surface area contributed by atoms with Crippen LogP contribution in [0, 0.1) is 0 Å². The zero-order valence-electron chi connectivity index (χ0n) is 7.05. The second-order valence-corrected chi connectivity index (χ2v) is 2.36. The molecular weight excluding hydrogens is 144 g/mol. The maximum Gasteiger partial charge on any atom is 0.305 e. The molecule has 0 aromatic heterocycles. The average molecular weight is 158 g/mol. The minimum Gasteiger partial charge on any atom is -0.469 e. The van der Waals surface area contributed by atoms with Crippen molar-refractivity contribution < 1.29 is 14.3 Å². The highest BCUT2D eigenvalue weighted by Crippen LogP contribution is 1.98. The molecule has 0 N–H and O–H groups in total. The number of methoxy groups -OCH3 is 1. The zero-order valence-corrected chi connectivity index (χ0v) is 7.05. The highest BCUT2D eigenvalue weighted by molar-refractivity contribution is 5.82. The van der Waals surface area contributed by atoms with E-state index in [0.717, 1.165) is 6.42 Å². The lowest BCUT2D eigenvalue weighted by atomic mass is 10.1. The molecule has 0 aliphatic rings. The third kappa shape index (κ3) is 5.58. The van der Waals surface area contributed by atoms with Gasteiger partial charge in [0.15, 0.2) is 0 Å². The maximum absolute atomic E-state index is 10.9. The van der Waals surface area contributed by atoms with Crippen LogP contribution in [0.1, 0.15) is 32.6 Å². The van der Waals surface area contributed by atoms with Crippen molar-refractivity contribution in [2.24, 2.45) is 0 Å². The Bertz CT molecular complexity index is 140. The summed E-state index contributed by atoms with van der Waals surface area (Å²) in [5, 5.41) is 0. The number of esters is 1. The number of hydrogen-bond donors (Lipinski definition) is 0. The molecule has 0 radical (unpaired) electrons. The molecule has 0 saturated carbocycles. The van der Waals surface area contributed by atoms with Crippen LogP contribution in [0.4, 0.5) is 0 Å². The summed E-state index contributed by atoms with van der Waals surface area (Å²) in [5.74, 6) is -0.174. The van der Waals surface area contributed by atoms with E-state index in [0.29, 0.717) is 12.8 Å². The molecule has 0 aromatic rings. The Morgan fingerprint density at radius 3 is 2.27 bits per heavy atom. The second kappa shape index (κ2) is 5.89. The molecule has 3 nitrogen and oxygen atoms in total. The summed E-state index contributed by atoms with van der Waals surface area (Å²) in [6.07, 6.45) is 1.95. The molecule has 0 rings (SSSR count). The lowest BCUT2D eigenvalue weighted by Gasteiger charge is -1.97. The van der Waals surface area contributed by atoms with E-state index in [9.17, 15) is 9.59 Å². The fourth-order valence-corrected chi connectivity index (χ4v) is 0.747. The van der Waals surface area contributed by atoms with E-state index in [1.54, 1.807) is 0 Å². The summed E-state index contributed by atoms with van der Waals surface area (Å²) in [6, 6.07) is 0. The molecular formula is C8H14O3. The van der Waals surface area contributed by atoms with Crippen LogP contribution in [0.5, 0.6) is 0 Å². The number of hydrogen-bond acceptors (Lipinski definition) is 3. The summed E-state index contributed by atoms with van der Waals surface area (Å²) in [5.41, 5.74) is 0. The second-order valence-electron chi connectivity index (χ2n) is 2.36. The third-order valence-corrected chi connectivity index (χ3v) is 1.36. The van der Waals surface area contributed by atoms with Gasteiger partial charge in [-0.15, -0.1) is 0 Å². The Hall–Kier alpha value is -0.860. The molecule has 0 spiro atoms. The van der Waals surface area contributed by atoms with Gasteiger partial charge in [0.05, 0.1) is 13.5 Å². The lowest BCUT2D eigenvalue weighted by molar-refractivity contribution is -0.141. The monoisotopic (exact) mass is 158 g/mol. The largest absolute Gasteiger partial charge is 0.469 e. The van der Waals surface area contributed by atoms with E-state index in [-0.39, 0.29) is 18.2 Å². The van der Waals surface area contributed by atoms with Crippen molar-refractivity contribution in [3.05, 3.63) is 0 Å². The number of rotatable bonds is 5. The zero-order chi connectivity index (χ0) is 8.69. The normalized spacial score (nSPS) is 9.27. The van der Waals surface area contributed by atoms with Gasteiger partial charge < -0.3 is 4.74 Å². The summed E-state index contributed by atoms with van der Waals surface area (Å²) < 4.78 is 4.39. The molecule has 0 fully saturated rings. The fraction of sp³-hybridized carbons (Fsp3) is 0.750. The van der Waals surface area contributed by atoms with E-state index in [1.165, 1.54) is 7.11 Å². The van der Waals surface area contributed by atoms with Gasteiger partial charge in [0, 0.05) is 12.8 Å². The first-order valence-electron chi connectivity index (χ1n) is 3.79. The van der Waals surface area contributed by atoms with E-state index in [4.69, 9.17) is 0 Å². The minimum absolute atomic E-state index is 0.137. The highest BCUT2D eigenvalue weighted by Gasteiger charge is 2.04. The molecule has 0 aliphatic carbocycles. The SMILES string of the molecule is CCCC(=O)CCC(=O)OC. The molecule has 0 atom stereocenters. The molecule has 0 bridgehead atoms. The van der Waals surface area contributed by atoms with Crippen molar-refractivity contribution in [1.29, 1.82) is 0 Å². The van der Waals surface area contributed by atoms with Crippen LogP contribution in [0.15, 0.2) is 0 Å². The summed E-state index contributed by atoms with van der Waals surface area (Å²) in [7, 11) is 1.33. The van der Waals surface area contributed by atoms with Gasteiger partial charge in [-0.3, -0.25) is 9.59 Å². The van der Waals surface area contributed by atoms with Crippen LogP contribution in [-0.2, 0) is 14.3 Å². The Labute approximate surface area is 66.7 Å². The van der Waals surface area contributed by atoms with Crippen LogP contribution in [0.3, 0.4) is 0 Å². The highest BCUT2D eigenvalue weighted by atomic mass is 16.5. The van der Waals surface area contributed by atoms with Gasteiger partial charge in [-0.1, -0.05) is 6.92 Å². The number of ketones is 1. The van der Waals surface area contributed by atoms with Gasteiger partial charge >= 0.3 is 5.97 Å². The van der Waals surface area contributed by atoms with Crippen molar-refractivity contribution in [3.8, 4) is 0 Å². The van der Waals surface area contributed by atoms with E-state index >= 15 is 0 Å². The van der Waals surface area contributed by atoms with Crippen LogP contribution in [0.25, 0.3) is 0 Å². The number of ether oxygens (including phenoxy) is 1. The first-order valence-corrected chi connectivity index (χ1v) is 3.79. The van der Waals surface area contributed by atoms with E-state index in [1.807, 2.05) is 6.92 Å². The van der Waals surface area contributed by atoms with Crippen LogP contribution in [-0.4, -0.2) is 18.9 Å². The van der Waals surface area contributed by atoms with E-state index in [2.05, 4.69) is 4.74 Å². The topological polar surface area (TPSA) is 43.4 Å². The first kappa shape index (κ1) is 10.1. The summed E-state index contributed by atoms with van der Waals surface area (Å²) >= 11 is 0. The van der Waals surface area contributed by atoms with Crippen molar-refractivity contribution >= 4 is 11.8 Å². The molecule has 0 aliphatic heterocycles. The maximum atomic E-state index is 10.9. The quantitative estimate of drug-likeness (QED) is 0.566. The van der Waals surface area contributed by atoms with Gasteiger partial charge in [0.1, 0.15) is 5.78 Å². The predicted molar refractivity (Wildman–Crippen MR) is 41.2 cm³/mol. The Balaban J connectivity index is 3.38. The molecule has 0 amide bonds. The lowest BCUT2D eigenvalue weighted by Crippen LogP contribution is -2.04. The van der Waals surface area contributed by atoms with Crippen molar-refractivity contribution in [2.45, 2.75) is 32.6 Å². The molecule has 3 heteroatoms. The van der Waals surface area contributed by atoms with Gasteiger partial charge in [-0.25, -0.2) is 0 Å². The standard InChI is InChI=1S/C8H14O3/c1-3-4-7(9)5-6-8(10)11-2/h3-6H2,1-2H3. The smallest absolute Gasteiger partial charge is 0.305 e. The van der Waals surface area contributed by atoms with Crippen molar-refractivity contribution in [2.75, 3.05) is 7.11 Å². The van der Waals surface area contributed by atoms with Crippen molar-refractivity contribution in [3.63, 3.8) is 0 Å². The Morgan fingerprint density at radius 2 is 1.82 bits per heavy atom. The number of Topliss-reactive ketones (excluding diaryl/α,β-unsaturated/α-hetero) is 1. The number of carbonyl (C=O) groups excluding carboxylic acids is 2. The average Bonchev–Trinajstić information content (AvgIpc) is 2.01. The Morgan fingerprint density at radius 1 is 1.18 bits per heavy atom. The molecule has 0 unspecified atom stereocenters. The van der Waals surface area contributed by atoms with Crippen LogP contribution < -0.4 is 0 Å². The molecule has 0 saturated heterocycles. The summed E-state index contributed by atoms with van der Waals surface area (Å²) in [6.45, 7) is 1.94. The van der Waals surface area contributed by atoms with Gasteiger partial charge in [0.25, 0.3) is 0 Å². The molecule has 11 heavy (non-hydrogen) atoms. The van der Waals surface area contributed by atoms with E-state index < -0.39 is 0 Å². The predicted octanol–water partition coefficient (Wildman–Crippen LogP) is 1.31. The summed E-state index contributed by atoms with van der Waals surface area (Å²) in [4.78, 5) is 21.4. The minimum atomic E-state index is -0.311. The van der Waals surface area contributed by atoms with Gasteiger partial charge in [-0.05, 0) is 6.42 Å². The number of carbonyl (C=O) groups is 2. The first-order chi connectivity index (χ1) is 5.20. The molecule has 0 aromatic carbocycles. The Kier molecular flexibility index (Phi) is 5.43. The third-order valence-electron chi connectivity index (χ3n) is 1.36. The van der Waals surface area contributed by atoms with Gasteiger partial charge in [0.2, 0.25) is 0 Å².